The highest BCUT2D eigenvalue weighted by atomic mass is 127. The van der Waals surface area contributed by atoms with Crippen LogP contribution in [-0.2, 0) is 0 Å². The molecule has 0 spiro atoms. The van der Waals surface area contributed by atoms with Gasteiger partial charge in [0.15, 0.2) is 0 Å². The first kappa shape index (κ1) is 15.7. The molecule has 4 nitrogen and oxygen atoms in total. The third kappa shape index (κ3) is 3.44. The van der Waals surface area contributed by atoms with E-state index in [9.17, 15) is 4.79 Å². The SMILES string of the molecule is Cc1cccc(-n2ncc(C(=O)Nc3cccc(I)c3)c2C)c1. The van der Waals surface area contributed by atoms with Crippen LogP contribution in [0, 0.1) is 17.4 Å². The van der Waals surface area contributed by atoms with Crippen molar-refractivity contribution in [2.75, 3.05) is 5.32 Å². The van der Waals surface area contributed by atoms with Gasteiger partial charge in [-0.2, -0.15) is 5.10 Å². The van der Waals surface area contributed by atoms with Gasteiger partial charge in [-0.05, 0) is 72.3 Å². The van der Waals surface area contributed by atoms with Crippen LogP contribution < -0.4 is 5.32 Å². The minimum absolute atomic E-state index is 0.150. The lowest BCUT2D eigenvalue weighted by Crippen LogP contribution is -2.13. The van der Waals surface area contributed by atoms with Gasteiger partial charge in [-0.25, -0.2) is 4.68 Å². The summed E-state index contributed by atoms with van der Waals surface area (Å²) in [6.45, 7) is 3.94. The van der Waals surface area contributed by atoms with Gasteiger partial charge < -0.3 is 5.32 Å². The normalized spacial score (nSPS) is 10.6. The first-order chi connectivity index (χ1) is 11.0. The molecule has 0 saturated carbocycles. The quantitative estimate of drug-likeness (QED) is 0.645. The number of halogens is 1. The number of nitrogens with zero attached hydrogens (tertiary/aromatic N) is 2. The molecule has 2 aromatic carbocycles. The van der Waals surface area contributed by atoms with Crippen molar-refractivity contribution in [2.24, 2.45) is 0 Å². The van der Waals surface area contributed by atoms with Crippen molar-refractivity contribution in [3.63, 3.8) is 0 Å². The number of hydrogen-bond donors (Lipinski definition) is 1. The number of aromatic nitrogens is 2. The summed E-state index contributed by atoms with van der Waals surface area (Å²) in [7, 11) is 0. The summed E-state index contributed by atoms with van der Waals surface area (Å²) >= 11 is 2.22. The van der Waals surface area contributed by atoms with Crippen LogP contribution in [-0.4, -0.2) is 15.7 Å². The van der Waals surface area contributed by atoms with Gasteiger partial charge in [0.25, 0.3) is 5.91 Å². The third-order valence-corrected chi connectivity index (χ3v) is 4.25. The van der Waals surface area contributed by atoms with Gasteiger partial charge in [-0.15, -0.1) is 0 Å². The topological polar surface area (TPSA) is 46.9 Å². The predicted octanol–water partition coefficient (Wildman–Crippen LogP) is 4.35. The average Bonchev–Trinajstić information content (AvgIpc) is 2.89. The zero-order valence-electron chi connectivity index (χ0n) is 12.9. The maximum absolute atomic E-state index is 12.5. The monoisotopic (exact) mass is 417 g/mol. The summed E-state index contributed by atoms with van der Waals surface area (Å²) in [5.41, 5.74) is 4.28. The molecular formula is C18H16IN3O. The van der Waals surface area contributed by atoms with Gasteiger partial charge in [0.2, 0.25) is 0 Å². The lowest BCUT2D eigenvalue weighted by Gasteiger charge is -2.07. The molecule has 0 aliphatic rings. The third-order valence-electron chi connectivity index (χ3n) is 3.58. The van der Waals surface area contributed by atoms with Crippen molar-refractivity contribution in [3.8, 4) is 5.69 Å². The second-order valence-corrected chi connectivity index (χ2v) is 6.60. The van der Waals surface area contributed by atoms with Crippen molar-refractivity contribution in [1.29, 1.82) is 0 Å². The highest BCUT2D eigenvalue weighted by molar-refractivity contribution is 14.1. The van der Waals surface area contributed by atoms with E-state index in [2.05, 4.69) is 33.0 Å². The van der Waals surface area contributed by atoms with E-state index < -0.39 is 0 Å². The minimum Gasteiger partial charge on any atom is -0.322 e. The molecule has 0 saturated heterocycles. The van der Waals surface area contributed by atoms with Crippen LogP contribution in [0.15, 0.2) is 54.7 Å². The van der Waals surface area contributed by atoms with Crippen LogP contribution in [0.5, 0.6) is 0 Å². The lowest BCUT2D eigenvalue weighted by molar-refractivity contribution is 0.102. The number of benzene rings is 2. The number of rotatable bonds is 3. The Bertz CT molecular complexity index is 870. The molecule has 0 unspecified atom stereocenters. The van der Waals surface area contributed by atoms with E-state index >= 15 is 0 Å². The smallest absolute Gasteiger partial charge is 0.259 e. The largest absolute Gasteiger partial charge is 0.322 e. The molecule has 116 valence electrons. The number of carbonyl (C=O) groups excluding carboxylic acids is 1. The van der Waals surface area contributed by atoms with E-state index in [1.54, 1.807) is 10.9 Å². The van der Waals surface area contributed by atoms with Gasteiger partial charge in [0.1, 0.15) is 0 Å². The second-order valence-electron chi connectivity index (χ2n) is 5.36. The average molecular weight is 417 g/mol. The number of hydrogen-bond acceptors (Lipinski definition) is 2. The molecule has 1 aromatic heterocycles. The molecule has 0 radical (unpaired) electrons. The van der Waals surface area contributed by atoms with Crippen LogP contribution >= 0.6 is 22.6 Å². The van der Waals surface area contributed by atoms with Gasteiger partial charge >= 0.3 is 0 Å². The number of carbonyl (C=O) groups is 1. The van der Waals surface area contributed by atoms with E-state index in [-0.39, 0.29) is 5.91 Å². The Kier molecular flexibility index (Phi) is 4.47. The molecule has 0 fully saturated rings. The fourth-order valence-electron chi connectivity index (χ4n) is 2.42. The molecule has 0 bridgehead atoms. The Morgan fingerprint density at radius 1 is 1.13 bits per heavy atom. The number of nitrogens with one attached hydrogen (secondary N) is 1. The summed E-state index contributed by atoms with van der Waals surface area (Å²) in [6, 6.07) is 15.7. The van der Waals surface area contributed by atoms with Crippen molar-refractivity contribution >= 4 is 34.2 Å². The van der Waals surface area contributed by atoms with Crippen molar-refractivity contribution in [3.05, 3.63) is 75.1 Å². The van der Waals surface area contributed by atoms with E-state index in [1.165, 1.54) is 0 Å². The molecule has 0 atom stereocenters. The first-order valence-electron chi connectivity index (χ1n) is 7.23. The molecule has 1 heterocycles. The second kappa shape index (κ2) is 6.54. The Morgan fingerprint density at radius 3 is 2.65 bits per heavy atom. The molecule has 5 heteroatoms. The maximum Gasteiger partial charge on any atom is 0.259 e. The van der Waals surface area contributed by atoms with Crippen molar-refractivity contribution < 1.29 is 4.79 Å². The maximum atomic E-state index is 12.5. The molecule has 1 N–H and O–H groups in total. The summed E-state index contributed by atoms with van der Waals surface area (Å²) in [4.78, 5) is 12.5. The van der Waals surface area contributed by atoms with Crippen LogP contribution in [0.1, 0.15) is 21.6 Å². The number of anilines is 1. The molecule has 0 aliphatic heterocycles. The molecule has 3 rings (SSSR count). The summed E-state index contributed by atoms with van der Waals surface area (Å²) < 4.78 is 2.86. The zero-order valence-corrected chi connectivity index (χ0v) is 15.0. The van der Waals surface area contributed by atoms with Gasteiger partial charge in [0, 0.05) is 9.26 Å². The van der Waals surface area contributed by atoms with Crippen molar-refractivity contribution in [1.82, 2.24) is 9.78 Å². The molecule has 23 heavy (non-hydrogen) atoms. The fraction of sp³-hybridized carbons (Fsp3) is 0.111. The predicted molar refractivity (Wildman–Crippen MR) is 100 cm³/mol. The summed E-state index contributed by atoms with van der Waals surface area (Å²) in [5.74, 6) is -0.150. The van der Waals surface area contributed by atoms with Crippen LogP contribution in [0.2, 0.25) is 0 Å². The molecular weight excluding hydrogens is 401 g/mol. The van der Waals surface area contributed by atoms with Crippen LogP contribution in [0.3, 0.4) is 0 Å². The first-order valence-corrected chi connectivity index (χ1v) is 8.31. The molecule has 3 aromatic rings. The Hall–Kier alpha value is -2.15. The van der Waals surface area contributed by atoms with E-state index in [0.29, 0.717) is 5.56 Å². The summed E-state index contributed by atoms with van der Waals surface area (Å²) in [6.07, 6.45) is 1.61. The lowest BCUT2D eigenvalue weighted by atomic mass is 10.2. The number of amides is 1. The van der Waals surface area contributed by atoms with E-state index in [1.807, 2.05) is 62.4 Å². The zero-order chi connectivity index (χ0) is 16.4. The van der Waals surface area contributed by atoms with E-state index in [4.69, 9.17) is 0 Å². The van der Waals surface area contributed by atoms with Gasteiger partial charge in [0.05, 0.1) is 23.1 Å². The number of aryl methyl sites for hydroxylation is 1. The van der Waals surface area contributed by atoms with Crippen LogP contribution in [0.25, 0.3) is 5.69 Å². The van der Waals surface area contributed by atoms with Gasteiger partial charge in [-0.3, -0.25) is 4.79 Å². The van der Waals surface area contributed by atoms with Crippen molar-refractivity contribution in [2.45, 2.75) is 13.8 Å². The Labute approximate surface area is 148 Å². The Balaban J connectivity index is 1.88. The van der Waals surface area contributed by atoms with E-state index in [0.717, 1.165) is 26.2 Å². The minimum atomic E-state index is -0.150. The fourth-order valence-corrected chi connectivity index (χ4v) is 2.96. The summed E-state index contributed by atoms with van der Waals surface area (Å²) in [5, 5.41) is 7.28. The standard InChI is InChI=1S/C18H16IN3O/c1-12-5-3-8-16(9-12)22-13(2)17(11-20-22)18(23)21-15-7-4-6-14(19)10-15/h3-11H,1-2H3,(H,21,23). The molecule has 1 amide bonds. The van der Waals surface area contributed by atoms with Gasteiger partial charge in [-0.1, -0.05) is 18.2 Å². The Morgan fingerprint density at radius 2 is 1.91 bits per heavy atom. The highest BCUT2D eigenvalue weighted by Gasteiger charge is 2.15. The molecule has 0 aliphatic carbocycles. The van der Waals surface area contributed by atoms with Crippen LogP contribution in [0.4, 0.5) is 5.69 Å². The highest BCUT2D eigenvalue weighted by Crippen LogP contribution is 2.18.